The van der Waals surface area contributed by atoms with Gasteiger partial charge in [0.15, 0.2) is 0 Å². The molecular formula is C33H35N4+. The van der Waals surface area contributed by atoms with Crippen molar-refractivity contribution in [3.05, 3.63) is 95.6 Å². The maximum Gasteiger partial charge on any atom is 0.296 e. The van der Waals surface area contributed by atoms with E-state index in [1.54, 1.807) is 0 Å². The van der Waals surface area contributed by atoms with E-state index in [9.17, 15) is 2.74 Å². The van der Waals surface area contributed by atoms with Crippen molar-refractivity contribution in [2.45, 2.75) is 52.8 Å². The lowest BCUT2D eigenvalue weighted by Crippen LogP contribution is -2.29. The summed E-state index contributed by atoms with van der Waals surface area (Å²) in [5, 5.41) is 0. The Kier molecular flexibility index (Phi) is 5.09. The third-order valence-electron chi connectivity index (χ3n) is 7.46. The van der Waals surface area contributed by atoms with Gasteiger partial charge in [-0.25, -0.2) is 9.55 Å². The fraction of sp³-hybridized carbons (Fsp3) is 0.273. The van der Waals surface area contributed by atoms with Crippen LogP contribution in [0.15, 0.2) is 73.1 Å². The van der Waals surface area contributed by atoms with Crippen molar-refractivity contribution in [2.24, 2.45) is 7.05 Å². The van der Waals surface area contributed by atoms with Crippen LogP contribution < -0.4 is 4.57 Å². The van der Waals surface area contributed by atoms with Gasteiger partial charge in [0.05, 0.1) is 18.1 Å². The molecule has 1 aliphatic rings. The van der Waals surface area contributed by atoms with Gasteiger partial charge in [-0.1, -0.05) is 70.2 Å². The lowest BCUT2D eigenvalue weighted by molar-refractivity contribution is -0.659. The molecule has 3 heterocycles. The van der Waals surface area contributed by atoms with E-state index < -0.39 is 11.8 Å². The number of fused-ring (bicyclic) bond motifs is 3. The molecule has 0 spiro atoms. The maximum absolute atomic E-state index is 9.24. The summed E-state index contributed by atoms with van der Waals surface area (Å²) in [6.45, 7) is 9.87. The standard InChI is InChI=1S/C33H35N4/c1-21(2)26-19-25(24-11-8-7-9-12-24)20-27(22(3)4)32(26)37-18-17-35(6)33(37)30-23(5)14-15-28-31(30)34-29-13-10-16-36(28)29/h7-12,14-22H,13H2,1-6H3/q+1/i21D,22D. The van der Waals surface area contributed by atoms with Gasteiger partial charge in [0.2, 0.25) is 0 Å². The number of hydrogen-bond donors (Lipinski definition) is 0. The molecule has 0 atom stereocenters. The highest BCUT2D eigenvalue weighted by Gasteiger charge is 2.30. The van der Waals surface area contributed by atoms with Crippen molar-refractivity contribution >= 4 is 17.2 Å². The summed E-state index contributed by atoms with van der Waals surface area (Å²) in [4.78, 5) is 5.08. The second-order valence-electron chi connectivity index (χ2n) is 10.5. The summed E-state index contributed by atoms with van der Waals surface area (Å²) < 4.78 is 25.0. The van der Waals surface area contributed by atoms with Crippen LogP contribution in [0.1, 0.15) is 64.7 Å². The highest BCUT2D eigenvalue weighted by molar-refractivity contribution is 5.94. The van der Waals surface area contributed by atoms with E-state index in [1.807, 2.05) is 45.9 Å². The van der Waals surface area contributed by atoms with E-state index in [4.69, 9.17) is 4.98 Å². The summed E-state index contributed by atoms with van der Waals surface area (Å²) in [6, 6.07) is 18.9. The average Bonchev–Trinajstić information content (AvgIpc) is 3.58. The van der Waals surface area contributed by atoms with Crippen LogP contribution in [0.2, 0.25) is 0 Å². The number of nitrogens with zero attached hydrogens (tertiary/aromatic N) is 4. The minimum absolute atomic E-state index is 0.829. The van der Waals surface area contributed by atoms with Gasteiger partial charge in [0, 0.05) is 26.5 Å². The number of imidazole rings is 2. The van der Waals surface area contributed by atoms with E-state index in [2.05, 4.69) is 88.7 Å². The second kappa shape index (κ2) is 8.88. The Morgan fingerprint density at radius 2 is 1.65 bits per heavy atom. The van der Waals surface area contributed by atoms with Crippen LogP contribution in [-0.4, -0.2) is 14.1 Å². The molecule has 2 aromatic heterocycles. The number of aromatic nitrogens is 4. The first-order chi connectivity index (χ1) is 18.4. The Bertz CT molecular complexity index is 1720. The minimum atomic E-state index is -0.901. The molecule has 186 valence electrons. The van der Waals surface area contributed by atoms with E-state index in [1.165, 1.54) is 0 Å². The molecule has 0 aliphatic carbocycles. The lowest BCUT2D eigenvalue weighted by Gasteiger charge is -2.20. The van der Waals surface area contributed by atoms with Gasteiger partial charge >= 0.3 is 0 Å². The highest BCUT2D eigenvalue weighted by Crippen LogP contribution is 2.39. The van der Waals surface area contributed by atoms with Crippen LogP contribution in [0.25, 0.3) is 45.4 Å². The molecule has 5 aromatic rings. The SMILES string of the molecule is [2H]C(C)(C)c1cc(-c2ccccc2)cc(C([2H])(C)C)c1-n1cc[n+](C)c1-c1c(C)ccc2c1nc1n2C=CC1. The molecule has 0 saturated carbocycles. The van der Waals surface area contributed by atoms with Gasteiger partial charge in [-0.3, -0.25) is 0 Å². The predicted molar refractivity (Wildman–Crippen MR) is 153 cm³/mol. The van der Waals surface area contributed by atoms with Crippen LogP contribution in [0.4, 0.5) is 0 Å². The number of hydrogen-bond acceptors (Lipinski definition) is 1. The fourth-order valence-corrected chi connectivity index (χ4v) is 5.58. The van der Waals surface area contributed by atoms with Crippen molar-refractivity contribution in [3.63, 3.8) is 0 Å². The molecule has 37 heavy (non-hydrogen) atoms. The number of allylic oxidation sites excluding steroid dienone is 1. The molecule has 4 heteroatoms. The Labute approximate surface area is 222 Å². The topological polar surface area (TPSA) is 26.6 Å². The largest absolute Gasteiger partial charge is 0.303 e. The highest BCUT2D eigenvalue weighted by atomic mass is 15.2. The second-order valence-corrected chi connectivity index (χ2v) is 10.5. The summed E-state index contributed by atoms with van der Waals surface area (Å²) in [5.41, 5.74) is 9.06. The third-order valence-corrected chi connectivity index (χ3v) is 7.46. The molecule has 0 radical (unpaired) electrons. The Morgan fingerprint density at radius 1 is 0.946 bits per heavy atom. The molecule has 4 nitrogen and oxygen atoms in total. The molecule has 6 rings (SSSR count). The van der Waals surface area contributed by atoms with Crippen LogP contribution in [0.5, 0.6) is 0 Å². The first-order valence-electron chi connectivity index (χ1n) is 13.9. The van der Waals surface area contributed by atoms with Crippen LogP contribution in [0, 0.1) is 6.92 Å². The van der Waals surface area contributed by atoms with E-state index in [-0.39, 0.29) is 0 Å². The van der Waals surface area contributed by atoms with Gasteiger partial charge < -0.3 is 4.57 Å². The molecule has 0 N–H and O–H groups in total. The molecule has 0 bridgehead atoms. The molecule has 3 aromatic carbocycles. The van der Waals surface area contributed by atoms with Gasteiger partial charge in [-0.2, -0.15) is 4.57 Å². The Hall–Kier alpha value is -3.92. The summed E-state index contributed by atoms with van der Waals surface area (Å²) in [6.07, 6.45) is 9.20. The fourth-order valence-electron chi connectivity index (χ4n) is 5.58. The molecule has 0 fully saturated rings. The number of rotatable bonds is 5. The van der Waals surface area contributed by atoms with E-state index in [0.29, 0.717) is 0 Å². The first-order valence-corrected chi connectivity index (χ1v) is 12.9. The predicted octanol–water partition coefficient (Wildman–Crippen LogP) is 7.57. The zero-order chi connectivity index (χ0) is 27.7. The van der Waals surface area contributed by atoms with Gasteiger partial charge in [-0.15, -0.1) is 0 Å². The zero-order valence-corrected chi connectivity index (χ0v) is 22.5. The van der Waals surface area contributed by atoms with Crippen LogP contribution in [0.3, 0.4) is 0 Å². The maximum atomic E-state index is 9.24. The molecule has 0 saturated heterocycles. The molecule has 0 unspecified atom stereocenters. The molecule has 1 aliphatic heterocycles. The zero-order valence-electron chi connectivity index (χ0n) is 24.5. The van der Waals surface area contributed by atoms with E-state index in [0.717, 1.165) is 68.2 Å². The van der Waals surface area contributed by atoms with Gasteiger partial charge in [-0.05, 0) is 53.6 Å². The quantitative estimate of drug-likeness (QED) is 0.234. The molecule has 0 amide bonds. The summed E-state index contributed by atoms with van der Waals surface area (Å²) >= 11 is 0. The van der Waals surface area contributed by atoms with Crippen molar-refractivity contribution in [1.29, 1.82) is 0 Å². The first kappa shape index (κ1) is 21.2. The lowest BCUT2D eigenvalue weighted by atomic mass is 9.88. The van der Waals surface area contributed by atoms with Crippen LogP contribution >= 0.6 is 0 Å². The number of aryl methyl sites for hydroxylation is 2. The van der Waals surface area contributed by atoms with Gasteiger partial charge in [0.25, 0.3) is 5.82 Å². The summed E-state index contributed by atoms with van der Waals surface area (Å²) in [7, 11) is 2.06. The molecular weight excluding hydrogens is 452 g/mol. The average molecular weight is 490 g/mol. The minimum Gasteiger partial charge on any atom is -0.303 e. The van der Waals surface area contributed by atoms with Gasteiger partial charge in [0.1, 0.15) is 29.4 Å². The smallest absolute Gasteiger partial charge is 0.296 e. The summed E-state index contributed by atoms with van der Waals surface area (Å²) in [5.74, 6) is 0.233. The van der Waals surface area contributed by atoms with Crippen molar-refractivity contribution in [3.8, 4) is 28.2 Å². The number of benzene rings is 3. The Balaban J connectivity index is 1.71. The van der Waals surface area contributed by atoms with Crippen molar-refractivity contribution in [2.75, 3.05) is 0 Å². The normalized spacial score (nSPS) is 14.2. The van der Waals surface area contributed by atoms with Crippen molar-refractivity contribution in [1.82, 2.24) is 14.1 Å². The third kappa shape index (κ3) is 3.74. The van der Waals surface area contributed by atoms with Crippen molar-refractivity contribution < 1.29 is 7.31 Å². The monoisotopic (exact) mass is 489 g/mol. The Morgan fingerprint density at radius 3 is 2.32 bits per heavy atom. The van der Waals surface area contributed by atoms with Crippen LogP contribution in [-0.2, 0) is 13.5 Å². The van der Waals surface area contributed by atoms with E-state index >= 15 is 0 Å².